The van der Waals surface area contributed by atoms with Crippen LogP contribution in [0, 0.1) is 5.82 Å². The van der Waals surface area contributed by atoms with Crippen molar-refractivity contribution in [2.24, 2.45) is 0 Å². The van der Waals surface area contributed by atoms with Crippen molar-refractivity contribution in [2.45, 2.75) is 19.9 Å². The van der Waals surface area contributed by atoms with Crippen LogP contribution in [-0.2, 0) is 6.54 Å². The minimum Gasteiger partial charge on any atom is -0.494 e. The van der Waals surface area contributed by atoms with Crippen molar-refractivity contribution in [1.82, 2.24) is 5.32 Å². The Kier molecular flexibility index (Phi) is 5.69. The lowest BCUT2D eigenvalue weighted by atomic mass is 10.2. The molecule has 0 atom stereocenters. The molecule has 0 aliphatic carbocycles. The molecule has 0 saturated carbocycles. The van der Waals surface area contributed by atoms with Crippen molar-refractivity contribution < 1.29 is 9.13 Å². The van der Waals surface area contributed by atoms with Crippen LogP contribution in [0.15, 0.2) is 48.5 Å². The van der Waals surface area contributed by atoms with Gasteiger partial charge in [0, 0.05) is 12.1 Å². The van der Waals surface area contributed by atoms with E-state index < -0.39 is 0 Å². The molecule has 0 fully saturated rings. The molecular formula is C17H18FNOS. The van der Waals surface area contributed by atoms with Crippen molar-refractivity contribution in [3.05, 3.63) is 65.5 Å². The quantitative estimate of drug-likeness (QED) is 0.813. The van der Waals surface area contributed by atoms with Gasteiger partial charge in [-0.25, -0.2) is 4.39 Å². The van der Waals surface area contributed by atoms with E-state index in [9.17, 15) is 4.39 Å². The van der Waals surface area contributed by atoms with Gasteiger partial charge in [-0.05, 0) is 48.4 Å². The van der Waals surface area contributed by atoms with E-state index in [2.05, 4.69) is 12.2 Å². The average molecular weight is 303 g/mol. The van der Waals surface area contributed by atoms with Crippen molar-refractivity contribution in [1.29, 1.82) is 0 Å². The zero-order valence-corrected chi connectivity index (χ0v) is 12.8. The second kappa shape index (κ2) is 7.74. The molecule has 2 aromatic rings. The van der Waals surface area contributed by atoms with Crippen LogP contribution in [0.4, 0.5) is 4.39 Å². The summed E-state index contributed by atoms with van der Waals surface area (Å²) < 4.78 is 18.3. The van der Waals surface area contributed by atoms with Gasteiger partial charge in [0.2, 0.25) is 0 Å². The smallest absolute Gasteiger partial charge is 0.123 e. The molecule has 2 nitrogen and oxygen atoms in total. The van der Waals surface area contributed by atoms with Gasteiger partial charge in [0.05, 0.1) is 6.61 Å². The van der Waals surface area contributed by atoms with E-state index in [0.717, 1.165) is 23.3 Å². The van der Waals surface area contributed by atoms with Gasteiger partial charge in [-0.2, -0.15) is 0 Å². The summed E-state index contributed by atoms with van der Waals surface area (Å²) in [4.78, 5) is 0.668. The number of halogens is 1. The highest BCUT2D eigenvalue weighted by molar-refractivity contribution is 7.80. The maximum Gasteiger partial charge on any atom is 0.123 e. The number of hydrogen-bond acceptors (Lipinski definition) is 2. The predicted octanol–water partition coefficient (Wildman–Crippen LogP) is 4.08. The Bertz CT molecular complexity index is 581. The summed E-state index contributed by atoms with van der Waals surface area (Å²) in [6, 6.07) is 14.1. The van der Waals surface area contributed by atoms with Crippen molar-refractivity contribution >= 4 is 17.2 Å². The maximum absolute atomic E-state index is 12.8. The Balaban J connectivity index is 1.89. The Morgan fingerprint density at radius 3 is 2.38 bits per heavy atom. The number of thiocarbonyl (C=S) groups is 1. The SMILES string of the molecule is CCCOc1ccc(C(=S)NCc2ccc(F)cc2)cc1. The van der Waals surface area contributed by atoms with E-state index >= 15 is 0 Å². The number of ether oxygens (including phenoxy) is 1. The maximum atomic E-state index is 12.8. The largest absolute Gasteiger partial charge is 0.494 e. The highest BCUT2D eigenvalue weighted by atomic mass is 32.1. The van der Waals surface area contributed by atoms with E-state index in [1.165, 1.54) is 12.1 Å². The Hall–Kier alpha value is -1.94. The zero-order chi connectivity index (χ0) is 15.1. The highest BCUT2D eigenvalue weighted by Crippen LogP contribution is 2.13. The normalized spacial score (nSPS) is 10.2. The Labute approximate surface area is 130 Å². The third kappa shape index (κ3) is 4.83. The van der Waals surface area contributed by atoms with Crippen LogP contribution in [0.25, 0.3) is 0 Å². The lowest BCUT2D eigenvalue weighted by Crippen LogP contribution is -2.21. The van der Waals surface area contributed by atoms with E-state index in [4.69, 9.17) is 17.0 Å². The molecule has 0 aliphatic rings. The van der Waals surface area contributed by atoms with Gasteiger partial charge in [-0.1, -0.05) is 31.3 Å². The van der Waals surface area contributed by atoms with Gasteiger partial charge in [0.25, 0.3) is 0 Å². The molecule has 1 N–H and O–H groups in total. The Morgan fingerprint density at radius 2 is 1.76 bits per heavy atom. The van der Waals surface area contributed by atoms with E-state index in [1.54, 1.807) is 12.1 Å². The first-order valence-electron chi connectivity index (χ1n) is 6.94. The molecule has 0 spiro atoms. The van der Waals surface area contributed by atoms with E-state index in [0.29, 0.717) is 18.1 Å². The van der Waals surface area contributed by atoms with Gasteiger partial charge in [0.1, 0.15) is 16.6 Å². The number of nitrogens with one attached hydrogen (secondary N) is 1. The Morgan fingerprint density at radius 1 is 1.10 bits per heavy atom. The molecule has 0 aliphatic heterocycles. The molecule has 0 radical (unpaired) electrons. The molecular weight excluding hydrogens is 285 g/mol. The summed E-state index contributed by atoms with van der Waals surface area (Å²) in [5, 5.41) is 3.17. The molecule has 0 bridgehead atoms. The number of hydrogen-bond donors (Lipinski definition) is 1. The number of rotatable bonds is 6. The van der Waals surface area contributed by atoms with Crippen LogP contribution in [-0.4, -0.2) is 11.6 Å². The van der Waals surface area contributed by atoms with Crippen LogP contribution in [0.3, 0.4) is 0 Å². The van der Waals surface area contributed by atoms with Crippen molar-refractivity contribution in [3.8, 4) is 5.75 Å². The summed E-state index contributed by atoms with van der Waals surface area (Å²) in [5.41, 5.74) is 1.93. The average Bonchev–Trinajstić information content (AvgIpc) is 2.52. The molecule has 2 rings (SSSR count). The lowest BCUT2D eigenvalue weighted by molar-refractivity contribution is 0.317. The minimum absolute atomic E-state index is 0.232. The fourth-order valence-electron chi connectivity index (χ4n) is 1.81. The monoisotopic (exact) mass is 303 g/mol. The summed E-state index contributed by atoms with van der Waals surface area (Å²) in [6.45, 7) is 3.36. The third-order valence-electron chi connectivity index (χ3n) is 2.96. The van der Waals surface area contributed by atoms with Gasteiger partial charge >= 0.3 is 0 Å². The zero-order valence-electron chi connectivity index (χ0n) is 11.9. The van der Waals surface area contributed by atoms with E-state index in [-0.39, 0.29) is 5.82 Å². The molecule has 0 amide bonds. The first kappa shape index (κ1) is 15.4. The van der Waals surface area contributed by atoms with Crippen LogP contribution in [0.5, 0.6) is 5.75 Å². The third-order valence-corrected chi connectivity index (χ3v) is 3.34. The minimum atomic E-state index is -0.232. The fraction of sp³-hybridized carbons (Fsp3) is 0.235. The molecule has 0 unspecified atom stereocenters. The summed E-state index contributed by atoms with van der Waals surface area (Å²) in [6.07, 6.45) is 0.986. The molecule has 0 saturated heterocycles. The molecule has 0 aromatic heterocycles. The first-order valence-corrected chi connectivity index (χ1v) is 7.35. The molecule has 110 valence electrons. The van der Waals surface area contributed by atoms with Crippen LogP contribution >= 0.6 is 12.2 Å². The molecule has 0 heterocycles. The van der Waals surface area contributed by atoms with Gasteiger partial charge in [-0.15, -0.1) is 0 Å². The van der Waals surface area contributed by atoms with Crippen LogP contribution < -0.4 is 10.1 Å². The molecule has 21 heavy (non-hydrogen) atoms. The van der Waals surface area contributed by atoms with Crippen LogP contribution in [0.1, 0.15) is 24.5 Å². The summed E-state index contributed by atoms with van der Waals surface area (Å²) in [5.74, 6) is 0.617. The van der Waals surface area contributed by atoms with Crippen molar-refractivity contribution in [2.75, 3.05) is 6.61 Å². The standard InChI is InChI=1S/C17H18FNOS/c1-2-11-20-16-9-5-14(6-10-16)17(21)19-12-13-3-7-15(18)8-4-13/h3-10H,2,11-12H2,1H3,(H,19,21). The van der Waals surface area contributed by atoms with Crippen LogP contribution in [0.2, 0.25) is 0 Å². The lowest BCUT2D eigenvalue weighted by Gasteiger charge is -2.09. The van der Waals surface area contributed by atoms with Gasteiger partial charge < -0.3 is 10.1 Å². The number of benzene rings is 2. The topological polar surface area (TPSA) is 21.3 Å². The van der Waals surface area contributed by atoms with Crippen molar-refractivity contribution in [3.63, 3.8) is 0 Å². The van der Waals surface area contributed by atoms with Gasteiger partial charge in [0.15, 0.2) is 0 Å². The highest BCUT2D eigenvalue weighted by Gasteiger charge is 2.02. The molecule has 4 heteroatoms. The summed E-state index contributed by atoms with van der Waals surface area (Å²) >= 11 is 5.35. The second-order valence-electron chi connectivity index (χ2n) is 4.68. The molecule has 2 aromatic carbocycles. The predicted molar refractivity (Wildman–Crippen MR) is 87.2 cm³/mol. The summed E-state index contributed by atoms with van der Waals surface area (Å²) in [7, 11) is 0. The van der Waals surface area contributed by atoms with E-state index in [1.807, 2.05) is 24.3 Å². The second-order valence-corrected chi connectivity index (χ2v) is 5.09. The fourth-order valence-corrected chi connectivity index (χ4v) is 2.02. The first-order chi connectivity index (χ1) is 10.2. The van der Waals surface area contributed by atoms with Gasteiger partial charge in [-0.3, -0.25) is 0 Å².